The predicted molar refractivity (Wildman–Crippen MR) is 102 cm³/mol. The van der Waals surface area contributed by atoms with Crippen LogP contribution < -0.4 is 15.4 Å². The molecule has 0 saturated heterocycles. The van der Waals surface area contributed by atoms with Gasteiger partial charge in [-0.1, -0.05) is 12.1 Å². The summed E-state index contributed by atoms with van der Waals surface area (Å²) in [5.74, 6) is 0.601. The molecule has 0 spiro atoms. The highest BCUT2D eigenvalue weighted by molar-refractivity contribution is 5.72. The largest absolute Gasteiger partial charge is 0.497 e. The third kappa shape index (κ3) is 5.15. The van der Waals surface area contributed by atoms with E-state index in [1.54, 1.807) is 25.6 Å². The summed E-state index contributed by atoms with van der Waals surface area (Å²) in [6.45, 7) is 0.261. The van der Waals surface area contributed by atoms with Gasteiger partial charge in [-0.2, -0.15) is 4.98 Å². The van der Waals surface area contributed by atoms with E-state index in [2.05, 4.69) is 25.6 Å². The molecule has 0 saturated carbocycles. The number of rotatable bonds is 8. The molecular formula is C19H19N5O3. The van der Waals surface area contributed by atoms with Gasteiger partial charge in [-0.15, -0.1) is 0 Å². The van der Waals surface area contributed by atoms with Crippen LogP contribution in [0.4, 0.5) is 11.8 Å². The molecule has 3 aromatic rings. The Hall–Kier alpha value is -3.68. The number of carboxylic acids is 1. The van der Waals surface area contributed by atoms with Crippen LogP contribution in [0.3, 0.4) is 0 Å². The van der Waals surface area contributed by atoms with Crippen LogP contribution >= 0.6 is 0 Å². The zero-order chi connectivity index (χ0) is 19.1. The van der Waals surface area contributed by atoms with Gasteiger partial charge in [-0.05, 0) is 29.8 Å². The molecule has 0 amide bonds. The smallest absolute Gasteiger partial charge is 0.322 e. The number of hydrogen-bond acceptors (Lipinski definition) is 7. The molecule has 8 nitrogen and oxygen atoms in total. The minimum Gasteiger partial charge on any atom is -0.497 e. The van der Waals surface area contributed by atoms with Crippen molar-refractivity contribution in [2.24, 2.45) is 0 Å². The molecule has 138 valence electrons. The number of pyridine rings is 1. The maximum absolute atomic E-state index is 10.8. The molecule has 0 aliphatic carbocycles. The number of ether oxygens (including phenoxy) is 1. The van der Waals surface area contributed by atoms with E-state index in [9.17, 15) is 4.79 Å². The topological polar surface area (TPSA) is 109 Å². The lowest BCUT2D eigenvalue weighted by Gasteiger charge is -2.11. The van der Waals surface area contributed by atoms with Gasteiger partial charge in [-0.25, -0.2) is 4.98 Å². The van der Waals surface area contributed by atoms with E-state index in [1.165, 1.54) is 0 Å². The average molecular weight is 365 g/mol. The molecule has 0 bridgehead atoms. The van der Waals surface area contributed by atoms with Crippen LogP contribution in [0.25, 0.3) is 11.3 Å². The van der Waals surface area contributed by atoms with Crippen molar-refractivity contribution in [2.45, 2.75) is 6.54 Å². The molecule has 0 atom stereocenters. The Morgan fingerprint density at radius 1 is 1.11 bits per heavy atom. The van der Waals surface area contributed by atoms with Crippen molar-refractivity contribution in [3.8, 4) is 17.0 Å². The average Bonchev–Trinajstić information content (AvgIpc) is 2.71. The fourth-order valence-electron chi connectivity index (χ4n) is 2.42. The molecule has 3 N–H and O–H groups in total. The van der Waals surface area contributed by atoms with Crippen LogP contribution in [0, 0.1) is 0 Å². The summed E-state index contributed by atoms with van der Waals surface area (Å²) < 4.78 is 5.23. The molecule has 1 aromatic carbocycles. The van der Waals surface area contributed by atoms with E-state index >= 15 is 0 Å². The Labute approximate surface area is 156 Å². The van der Waals surface area contributed by atoms with Crippen LogP contribution in [0.15, 0.2) is 54.9 Å². The first kappa shape index (κ1) is 18.1. The number of methoxy groups -OCH3 is 1. The normalized spacial score (nSPS) is 10.3. The molecule has 8 heteroatoms. The Bertz CT molecular complexity index is 918. The SMILES string of the molecule is COc1cccc(CNc2cc(-c3ccncc3)nc(NCC(=O)O)n2)c1. The highest BCUT2D eigenvalue weighted by atomic mass is 16.5. The summed E-state index contributed by atoms with van der Waals surface area (Å²) in [5.41, 5.74) is 2.54. The first-order chi connectivity index (χ1) is 13.1. The molecule has 0 unspecified atom stereocenters. The zero-order valence-corrected chi connectivity index (χ0v) is 14.7. The number of hydrogen-bond donors (Lipinski definition) is 3. The summed E-state index contributed by atoms with van der Waals surface area (Å²) in [6, 6.07) is 13.2. The maximum atomic E-state index is 10.8. The van der Waals surface area contributed by atoms with Crippen LogP contribution in [0.1, 0.15) is 5.56 Å². The van der Waals surface area contributed by atoms with Crippen molar-refractivity contribution in [2.75, 3.05) is 24.3 Å². The van der Waals surface area contributed by atoms with Crippen molar-refractivity contribution in [3.63, 3.8) is 0 Å². The predicted octanol–water partition coefficient (Wildman–Crippen LogP) is 2.66. The van der Waals surface area contributed by atoms with Crippen molar-refractivity contribution in [3.05, 3.63) is 60.4 Å². The highest BCUT2D eigenvalue weighted by Crippen LogP contribution is 2.21. The van der Waals surface area contributed by atoms with Crippen molar-refractivity contribution >= 4 is 17.7 Å². The second kappa shape index (κ2) is 8.61. The molecule has 0 aliphatic rings. The minimum absolute atomic E-state index is 0.236. The number of nitrogens with one attached hydrogen (secondary N) is 2. The Kier molecular flexibility index (Phi) is 5.78. The van der Waals surface area contributed by atoms with Crippen LogP contribution in [0.5, 0.6) is 5.75 Å². The van der Waals surface area contributed by atoms with Gasteiger partial charge < -0.3 is 20.5 Å². The van der Waals surface area contributed by atoms with Gasteiger partial charge in [-0.3, -0.25) is 9.78 Å². The number of nitrogens with zero attached hydrogens (tertiary/aromatic N) is 3. The zero-order valence-electron chi connectivity index (χ0n) is 14.7. The summed E-state index contributed by atoms with van der Waals surface area (Å²) in [5, 5.41) is 14.8. The van der Waals surface area contributed by atoms with Crippen LogP contribution in [-0.4, -0.2) is 39.7 Å². The number of carboxylic acid groups (broad SMARTS) is 1. The molecular weight excluding hydrogens is 346 g/mol. The van der Waals surface area contributed by atoms with Crippen molar-refractivity contribution in [1.82, 2.24) is 15.0 Å². The standard InChI is InChI=1S/C19H19N5O3/c1-27-15-4-2-3-13(9-15)11-21-17-10-16(14-5-7-20-8-6-14)23-19(24-17)22-12-18(25)26/h2-10H,11-12H2,1H3,(H,25,26)(H2,21,22,23,24). The van der Waals surface area contributed by atoms with Crippen LogP contribution in [-0.2, 0) is 11.3 Å². The van der Waals surface area contributed by atoms with Gasteiger partial charge in [0, 0.05) is 30.6 Å². The van der Waals surface area contributed by atoms with Crippen molar-refractivity contribution < 1.29 is 14.6 Å². The summed E-state index contributed by atoms with van der Waals surface area (Å²) in [4.78, 5) is 23.6. The number of anilines is 2. The summed E-state index contributed by atoms with van der Waals surface area (Å²) in [6.07, 6.45) is 3.34. The van der Waals surface area contributed by atoms with Gasteiger partial charge in [0.05, 0.1) is 12.8 Å². The van der Waals surface area contributed by atoms with Gasteiger partial charge in [0.15, 0.2) is 0 Å². The molecule has 0 aliphatic heterocycles. The monoisotopic (exact) mass is 365 g/mol. The van der Waals surface area contributed by atoms with E-state index in [0.717, 1.165) is 16.9 Å². The van der Waals surface area contributed by atoms with E-state index in [1.807, 2.05) is 36.4 Å². The first-order valence-corrected chi connectivity index (χ1v) is 8.26. The molecule has 3 rings (SSSR count). The van der Waals surface area contributed by atoms with E-state index in [-0.39, 0.29) is 12.5 Å². The van der Waals surface area contributed by atoms with Crippen LogP contribution in [0.2, 0.25) is 0 Å². The molecule has 2 aromatic heterocycles. The maximum Gasteiger partial charge on any atom is 0.322 e. The lowest BCUT2D eigenvalue weighted by molar-refractivity contribution is -0.134. The first-order valence-electron chi connectivity index (χ1n) is 8.26. The van der Waals surface area contributed by atoms with E-state index in [4.69, 9.17) is 9.84 Å². The van der Waals surface area contributed by atoms with Gasteiger partial charge >= 0.3 is 5.97 Å². The van der Waals surface area contributed by atoms with E-state index < -0.39 is 5.97 Å². The number of carbonyl (C=O) groups is 1. The summed E-state index contributed by atoms with van der Waals surface area (Å²) >= 11 is 0. The quantitative estimate of drug-likeness (QED) is 0.559. The fraction of sp³-hybridized carbons (Fsp3) is 0.158. The Morgan fingerprint density at radius 3 is 2.67 bits per heavy atom. The molecule has 0 fully saturated rings. The lowest BCUT2D eigenvalue weighted by atomic mass is 10.2. The minimum atomic E-state index is -0.987. The number of aromatic nitrogens is 3. The molecule has 27 heavy (non-hydrogen) atoms. The third-order valence-electron chi connectivity index (χ3n) is 3.71. The lowest BCUT2D eigenvalue weighted by Crippen LogP contribution is -2.15. The second-order valence-electron chi connectivity index (χ2n) is 5.65. The van der Waals surface area contributed by atoms with Crippen molar-refractivity contribution in [1.29, 1.82) is 0 Å². The Balaban J connectivity index is 1.83. The third-order valence-corrected chi connectivity index (χ3v) is 3.71. The Morgan fingerprint density at radius 2 is 1.93 bits per heavy atom. The second-order valence-corrected chi connectivity index (χ2v) is 5.65. The summed E-state index contributed by atoms with van der Waals surface area (Å²) in [7, 11) is 1.62. The van der Waals surface area contributed by atoms with Gasteiger partial charge in [0.1, 0.15) is 18.1 Å². The number of aliphatic carboxylic acids is 1. The van der Waals surface area contributed by atoms with Gasteiger partial charge in [0.25, 0.3) is 0 Å². The van der Waals surface area contributed by atoms with Gasteiger partial charge in [0.2, 0.25) is 5.95 Å². The van der Waals surface area contributed by atoms with E-state index in [0.29, 0.717) is 18.1 Å². The fourth-order valence-corrected chi connectivity index (χ4v) is 2.42. The highest BCUT2D eigenvalue weighted by Gasteiger charge is 2.08. The molecule has 2 heterocycles. The number of benzene rings is 1. The molecule has 0 radical (unpaired) electrons.